The van der Waals surface area contributed by atoms with Crippen LogP contribution in [0.5, 0.6) is 0 Å². The summed E-state index contributed by atoms with van der Waals surface area (Å²) in [6, 6.07) is 28.2. The van der Waals surface area contributed by atoms with Crippen LogP contribution < -0.4 is 0 Å². The van der Waals surface area contributed by atoms with Gasteiger partial charge < -0.3 is 4.74 Å². The molecule has 1 aliphatic heterocycles. The number of esters is 1. The number of Topliss-reactive ketones (excluding diaryl/α,β-unsaturated/α-hetero) is 1. The van der Waals surface area contributed by atoms with Crippen molar-refractivity contribution in [2.45, 2.75) is 17.9 Å². The van der Waals surface area contributed by atoms with Crippen molar-refractivity contribution in [3.05, 3.63) is 108 Å². The largest absolute Gasteiger partial charge is 0.453 e. The molecule has 0 N–H and O–H groups in total. The molecule has 3 atom stereocenters. The first-order valence-corrected chi connectivity index (χ1v) is 8.65. The first-order chi connectivity index (χ1) is 12.8. The predicted molar refractivity (Wildman–Crippen MR) is 99.0 cm³/mol. The maximum atomic E-state index is 13.1. The van der Waals surface area contributed by atoms with Crippen molar-refractivity contribution in [3.63, 3.8) is 0 Å². The van der Waals surface area contributed by atoms with Crippen molar-refractivity contribution in [1.82, 2.24) is 0 Å². The number of carbonyl (C=O) groups is 2. The minimum absolute atomic E-state index is 0.161. The fourth-order valence-electron chi connectivity index (χ4n) is 3.62. The zero-order valence-corrected chi connectivity index (χ0v) is 14.1. The van der Waals surface area contributed by atoms with Gasteiger partial charge in [-0.15, -0.1) is 0 Å². The highest BCUT2D eigenvalue weighted by Crippen LogP contribution is 2.44. The van der Waals surface area contributed by atoms with E-state index in [4.69, 9.17) is 4.74 Å². The Bertz CT molecular complexity index is 904. The maximum absolute atomic E-state index is 13.1. The van der Waals surface area contributed by atoms with Gasteiger partial charge in [-0.2, -0.15) is 0 Å². The lowest BCUT2D eigenvalue weighted by Gasteiger charge is -2.21. The van der Waals surface area contributed by atoms with Gasteiger partial charge in [-0.25, -0.2) is 0 Å². The number of benzene rings is 3. The van der Waals surface area contributed by atoms with E-state index >= 15 is 0 Å². The summed E-state index contributed by atoms with van der Waals surface area (Å²) in [6.07, 6.45) is -0.822. The van der Waals surface area contributed by atoms with E-state index in [9.17, 15) is 9.59 Å². The van der Waals surface area contributed by atoms with E-state index in [2.05, 4.69) is 0 Å². The van der Waals surface area contributed by atoms with E-state index < -0.39 is 12.0 Å². The van der Waals surface area contributed by atoms with Gasteiger partial charge in [0.05, 0.1) is 5.92 Å². The first kappa shape index (κ1) is 16.3. The number of hydrogen-bond acceptors (Lipinski definition) is 3. The number of rotatable bonds is 4. The van der Waals surface area contributed by atoms with E-state index in [1.807, 2.05) is 78.9 Å². The van der Waals surface area contributed by atoms with Crippen LogP contribution in [0.25, 0.3) is 0 Å². The van der Waals surface area contributed by atoms with Crippen molar-refractivity contribution >= 4 is 11.8 Å². The number of cyclic esters (lactones) is 1. The second-order valence-corrected chi connectivity index (χ2v) is 6.41. The van der Waals surface area contributed by atoms with E-state index in [-0.39, 0.29) is 17.7 Å². The van der Waals surface area contributed by atoms with Crippen LogP contribution in [0.4, 0.5) is 0 Å². The molecule has 1 heterocycles. The fraction of sp³-hybridized carbons (Fsp3) is 0.130. The van der Waals surface area contributed by atoms with E-state index in [0.717, 1.165) is 11.1 Å². The van der Waals surface area contributed by atoms with Gasteiger partial charge in [0, 0.05) is 11.5 Å². The molecular weight excluding hydrogens is 324 g/mol. The molecule has 0 saturated carbocycles. The van der Waals surface area contributed by atoms with E-state index in [1.165, 1.54) is 0 Å². The average Bonchev–Trinajstić information content (AvgIpc) is 3.06. The Kier molecular flexibility index (Phi) is 4.36. The predicted octanol–water partition coefficient (Wildman–Crippen LogP) is 4.36. The summed E-state index contributed by atoms with van der Waals surface area (Å²) >= 11 is 0. The second-order valence-electron chi connectivity index (χ2n) is 6.41. The lowest BCUT2D eigenvalue weighted by molar-refractivity contribution is -0.141. The van der Waals surface area contributed by atoms with Gasteiger partial charge in [0.25, 0.3) is 0 Å². The van der Waals surface area contributed by atoms with Gasteiger partial charge in [0.1, 0.15) is 0 Å². The molecule has 3 aromatic carbocycles. The van der Waals surface area contributed by atoms with Gasteiger partial charge in [0.2, 0.25) is 5.78 Å². The lowest BCUT2D eigenvalue weighted by atomic mass is 9.78. The molecule has 26 heavy (non-hydrogen) atoms. The van der Waals surface area contributed by atoms with E-state index in [1.54, 1.807) is 12.1 Å². The molecule has 3 aromatic rings. The number of hydrogen-bond donors (Lipinski definition) is 0. The molecule has 1 fully saturated rings. The Morgan fingerprint density at radius 3 is 1.77 bits per heavy atom. The van der Waals surface area contributed by atoms with Crippen LogP contribution in [0.1, 0.15) is 33.3 Å². The molecule has 3 nitrogen and oxygen atoms in total. The summed E-state index contributed by atoms with van der Waals surface area (Å²) in [6.45, 7) is 0. The third-order valence-corrected chi connectivity index (χ3v) is 4.84. The summed E-state index contributed by atoms with van der Waals surface area (Å²) in [5.41, 5.74) is 2.36. The van der Waals surface area contributed by atoms with Gasteiger partial charge in [-0.05, 0) is 11.1 Å². The SMILES string of the molecule is O=C(c1ccccc1)[C@H]1OC(=O)[C@@H](c2ccccc2)[C@H]1c1ccccc1. The third-order valence-electron chi connectivity index (χ3n) is 4.84. The monoisotopic (exact) mass is 342 g/mol. The molecule has 128 valence electrons. The topological polar surface area (TPSA) is 43.4 Å². The minimum atomic E-state index is -0.822. The highest BCUT2D eigenvalue weighted by Gasteiger charge is 2.49. The molecular formula is C23H18O3. The average molecular weight is 342 g/mol. The Morgan fingerprint density at radius 1 is 0.692 bits per heavy atom. The van der Waals surface area contributed by atoms with E-state index in [0.29, 0.717) is 5.56 Å². The maximum Gasteiger partial charge on any atom is 0.314 e. The fourth-order valence-corrected chi connectivity index (χ4v) is 3.62. The van der Waals surface area contributed by atoms with Crippen molar-refractivity contribution in [2.75, 3.05) is 0 Å². The van der Waals surface area contributed by atoms with Gasteiger partial charge >= 0.3 is 5.97 Å². The Balaban J connectivity index is 1.79. The Hall–Kier alpha value is -3.20. The zero-order chi connectivity index (χ0) is 17.9. The lowest BCUT2D eigenvalue weighted by Crippen LogP contribution is -2.27. The first-order valence-electron chi connectivity index (χ1n) is 8.65. The van der Waals surface area contributed by atoms with Crippen LogP contribution in [-0.4, -0.2) is 17.9 Å². The van der Waals surface area contributed by atoms with Crippen LogP contribution in [0, 0.1) is 0 Å². The van der Waals surface area contributed by atoms with Gasteiger partial charge in [0.15, 0.2) is 6.10 Å². The minimum Gasteiger partial charge on any atom is -0.453 e. The van der Waals surface area contributed by atoms with Crippen LogP contribution in [0.15, 0.2) is 91.0 Å². The molecule has 0 amide bonds. The molecule has 0 unspecified atom stereocenters. The van der Waals surface area contributed by atoms with Crippen LogP contribution in [-0.2, 0) is 9.53 Å². The normalized spacial score (nSPS) is 22.0. The number of carbonyl (C=O) groups excluding carboxylic acids is 2. The highest BCUT2D eigenvalue weighted by molar-refractivity contribution is 6.03. The summed E-state index contributed by atoms with van der Waals surface area (Å²) < 4.78 is 5.62. The van der Waals surface area contributed by atoms with Gasteiger partial charge in [-0.3, -0.25) is 9.59 Å². The highest BCUT2D eigenvalue weighted by atomic mass is 16.6. The summed E-state index contributed by atoms with van der Waals surface area (Å²) in [7, 11) is 0. The van der Waals surface area contributed by atoms with Crippen LogP contribution in [0.3, 0.4) is 0 Å². The van der Waals surface area contributed by atoms with Crippen molar-refractivity contribution in [3.8, 4) is 0 Å². The van der Waals surface area contributed by atoms with Crippen molar-refractivity contribution in [1.29, 1.82) is 0 Å². The Labute approximate surface area is 152 Å². The van der Waals surface area contributed by atoms with Crippen molar-refractivity contribution in [2.24, 2.45) is 0 Å². The third kappa shape index (κ3) is 2.92. The van der Waals surface area contributed by atoms with Crippen molar-refractivity contribution < 1.29 is 14.3 Å². The second kappa shape index (κ2) is 6.96. The molecule has 0 aliphatic carbocycles. The van der Waals surface area contributed by atoms with Crippen LogP contribution >= 0.6 is 0 Å². The summed E-state index contributed by atoms with van der Waals surface area (Å²) in [5, 5.41) is 0. The summed E-state index contributed by atoms with van der Waals surface area (Å²) in [4.78, 5) is 25.8. The molecule has 0 spiro atoms. The molecule has 4 rings (SSSR count). The Morgan fingerprint density at radius 2 is 1.19 bits per heavy atom. The number of ketones is 1. The molecule has 0 aromatic heterocycles. The molecule has 1 saturated heterocycles. The smallest absolute Gasteiger partial charge is 0.314 e. The molecule has 1 aliphatic rings. The summed E-state index contributed by atoms with van der Waals surface area (Å²) in [5.74, 6) is -1.35. The molecule has 3 heteroatoms. The van der Waals surface area contributed by atoms with Crippen LogP contribution in [0.2, 0.25) is 0 Å². The van der Waals surface area contributed by atoms with Gasteiger partial charge in [-0.1, -0.05) is 91.0 Å². The number of ether oxygens (including phenoxy) is 1. The molecule has 0 bridgehead atoms. The standard InChI is InChI=1S/C23H18O3/c24-21(18-14-8-3-9-15-18)22-19(16-10-4-1-5-11-16)20(23(25)26-22)17-12-6-2-7-13-17/h1-15,19-20,22H/t19-,20+,22+/m1/s1. The quantitative estimate of drug-likeness (QED) is 0.522. The molecule has 0 radical (unpaired) electrons. The zero-order valence-electron chi connectivity index (χ0n) is 14.1.